The zero-order valence-electron chi connectivity index (χ0n) is 20.1. The number of amides is 2. The number of benzene rings is 2. The molecule has 0 bridgehead atoms. The molecule has 1 fully saturated rings. The predicted octanol–water partition coefficient (Wildman–Crippen LogP) is 2.74. The largest absolute Gasteiger partial charge is 0.495 e. The van der Waals surface area contributed by atoms with Crippen molar-refractivity contribution in [2.24, 2.45) is 0 Å². The monoisotopic (exact) mass is 487 g/mol. The van der Waals surface area contributed by atoms with E-state index in [0.717, 1.165) is 18.4 Å². The molecule has 2 N–H and O–H groups in total. The summed E-state index contributed by atoms with van der Waals surface area (Å²) in [5.41, 5.74) is 0.334. The number of sulfonamides is 1. The molecule has 9 heteroatoms. The molecule has 2 aromatic carbocycles. The predicted molar refractivity (Wildman–Crippen MR) is 130 cm³/mol. The van der Waals surface area contributed by atoms with Gasteiger partial charge in [-0.3, -0.25) is 9.59 Å². The average Bonchev–Trinajstić information content (AvgIpc) is 3.31. The minimum atomic E-state index is -3.95. The number of methoxy groups -OCH3 is 1. The van der Waals surface area contributed by atoms with Crippen LogP contribution in [0.25, 0.3) is 0 Å². The van der Waals surface area contributed by atoms with Crippen molar-refractivity contribution in [2.45, 2.75) is 56.5 Å². The molecular formula is C25H33N3O5S. The molecule has 0 aliphatic carbocycles. The molecule has 34 heavy (non-hydrogen) atoms. The zero-order valence-corrected chi connectivity index (χ0v) is 20.9. The molecule has 1 saturated heterocycles. The first-order valence-corrected chi connectivity index (χ1v) is 12.8. The molecule has 1 heterocycles. The van der Waals surface area contributed by atoms with Crippen LogP contribution in [0.1, 0.15) is 49.5 Å². The molecule has 0 radical (unpaired) electrons. The van der Waals surface area contributed by atoms with Gasteiger partial charge < -0.3 is 15.0 Å². The van der Waals surface area contributed by atoms with Crippen LogP contribution in [0.15, 0.2) is 53.4 Å². The van der Waals surface area contributed by atoms with Gasteiger partial charge in [-0.2, -0.15) is 0 Å². The van der Waals surface area contributed by atoms with E-state index in [0.29, 0.717) is 19.5 Å². The van der Waals surface area contributed by atoms with Crippen molar-refractivity contribution >= 4 is 21.8 Å². The summed E-state index contributed by atoms with van der Waals surface area (Å²) in [6.45, 7) is 6.52. The highest BCUT2D eigenvalue weighted by Gasteiger charge is 2.30. The van der Waals surface area contributed by atoms with Crippen LogP contribution in [0.3, 0.4) is 0 Å². The van der Waals surface area contributed by atoms with Crippen LogP contribution in [0.2, 0.25) is 0 Å². The first-order valence-electron chi connectivity index (χ1n) is 11.4. The molecule has 0 saturated carbocycles. The lowest BCUT2D eigenvalue weighted by atomic mass is 10.0. The highest BCUT2D eigenvalue weighted by Crippen LogP contribution is 2.26. The molecule has 0 aromatic heterocycles. The minimum Gasteiger partial charge on any atom is -0.495 e. The Morgan fingerprint density at radius 1 is 1.06 bits per heavy atom. The number of rotatable bonds is 8. The maximum Gasteiger partial charge on any atom is 0.251 e. The Bertz CT molecular complexity index is 1120. The topological polar surface area (TPSA) is 105 Å². The number of ether oxygens (including phenoxy) is 1. The third-order valence-electron chi connectivity index (χ3n) is 5.46. The van der Waals surface area contributed by atoms with E-state index < -0.39 is 27.5 Å². The van der Waals surface area contributed by atoms with Gasteiger partial charge in [0.2, 0.25) is 15.9 Å². The summed E-state index contributed by atoms with van der Waals surface area (Å²) < 4.78 is 33.7. The van der Waals surface area contributed by atoms with Crippen LogP contribution in [0.4, 0.5) is 0 Å². The maximum absolute atomic E-state index is 13.2. The third kappa shape index (κ3) is 6.57. The van der Waals surface area contributed by atoms with Gasteiger partial charge in [-0.05, 0) is 57.4 Å². The Labute approximate surface area is 201 Å². The lowest BCUT2D eigenvalue weighted by Crippen LogP contribution is -2.49. The summed E-state index contributed by atoms with van der Waals surface area (Å²) in [6.07, 6.45) is 2.23. The minimum absolute atomic E-state index is 0.127. The first-order chi connectivity index (χ1) is 16.0. The number of carbonyl (C=O) groups is 2. The molecule has 2 aromatic rings. The summed E-state index contributed by atoms with van der Waals surface area (Å²) in [5, 5.41) is 2.84. The fourth-order valence-electron chi connectivity index (χ4n) is 3.94. The van der Waals surface area contributed by atoms with Crippen LogP contribution in [-0.2, 0) is 21.2 Å². The van der Waals surface area contributed by atoms with Gasteiger partial charge in [-0.15, -0.1) is 0 Å². The Hall–Kier alpha value is -2.91. The Kier molecular flexibility index (Phi) is 7.99. The SMILES string of the molecule is COc1ccc(C(=O)NC(Cc2ccccc2)C(=O)N2CCCC2)cc1S(=O)(=O)NC(C)(C)C. The molecule has 1 unspecified atom stereocenters. The Morgan fingerprint density at radius 2 is 1.71 bits per heavy atom. The fourth-order valence-corrected chi connectivity index (χ4v) is 5.55. The van der Waals surface area contributed by atoms with Gasteiger partial charge in [0.25, 0.3) is 5.91 Å². The van der Waals surface area contributed by atoms with Crippen LogP contribution in [-0.4, -0.2) is 56.9 Å². The van der Waals surface area contributed by atoms with E-state index in [1.807, 2.05) is 30.3 Å². The smallest absolute Gasteiger partial charge is 0.251 e. The van der Waals surface area contributed by atoms with Crippen molar-refractivity contribution in [3.8, 4) is 5.75 Å². The van der Waals surface area contributed by atoms with E-state index >= 15 is 0 Å². The number of likely N-dealkylation sites (tertiary alicyclic amines) is 1. The summed E-state index contributed by atoms with van der Waals surface area (Å²) in [5.74, 6) is -0.531. The lowest BCUT2D eigenvalue weighted by molar-refractivity contribution is -0.132. The second-order valence-electron chi connectivity index (χ2n) is 9.47. The first kappa shape index (κ1) is 25.7. The molecule has 0 spiro atoms. The second kappa shape index (κ2) is 10.6. The standard InChI is InChI=1S/C25H33N3O5S/c1-25(2,3)27-34(31,32)22-17-19(12-13-21(22)33-4)23(29)26-20(16-18-10-6-5-7-11-18)24(30)28-14-8-9-15-28/h5-7,10-13,17,20,27H,8-9,14-16H2,1-4H3,(H,26,29). The van der Waals surface area contributed by atoms with Crippen molar-refractivity contribution in [3.05, 3.63) is 59.7 Å². The molecule has 1 atom stereocenters. The molecular weight excluding hydrogens is 454 g/mol. The molecule has 184 valence electrons. The summed E-state index contributed by atoms with van der Waals surface area (Å²) in [6, 6.07) is 12.9. The Balaban J connectivity index is 1.89. The lowest BCUT2D eigenvalue weighted by Gasteiger charge is -2.24. The number of nitrogens with one attached hydrogen (secondary N) is 2. The van der Waals surface area contributed by atoms with Crippen molar-refractivity contribution in [3.63, 3.8) is 0 Å². The van der Waals surface area contributed by atoms with Crippen LogP contribution < -0.4 is 14.8 Å². The maximum atomic E-state index is 13.2. The average molecular weight is 488 g/mol. The van der Waals surface area contributed by atoms with Gasteiger partial charge in [0.1, 0.15) is 16.7 Å². The van der Waals surface area contributed by atoms with Crippen molar-refractivity contribution in [1.29, 1.82) is 0 Å². The van der Waals surface area contributed by atoms with Gasteiger partial charge in [0, 0.05) is 30.6 Å². The van der Waals surface area contributed by atoms with Crippen molar-refractivity contribution in [2.75, 3.05) is 20.2 Å². The summed E-state index contributed by atoms with van der Waals surface area (Å²) >= 11 is 0. The zero-order chi connectivity index (χ0) is 24.9. The fraction of sp³-hybridized carbons (Fsp3) is 0.440. The van der Waals surface area contributed by atoms with E-state index in [1.165, 1.54) is 25.3 Å². The van der Waals surface area contributed by atoms with Gasteiger partial charge >= 0.3 is 0 Å². The Morgan fingerprint density at radius 3 is 2.29 bits per heavy atom. The van der Waals surface area contributed by atoms with Crippen LogP contribution in [0, 0.1) is 0 Å². The summed E-state index contributed by atoms with van der Waals surface area (Å²) in [4.78, 5) is 28.0. The van der Waals surface area contributed by atoms with Crippen molar-refractivity contribution in [1.82, 2.24) is 14.9 Å². The van der Waals surface area contributed by atoms with Gasteiger partial charge in [-0.25, -0.2) is 13.1 Å². The van der Waals surface area contributed by atoms with Gasteiger partial charge in [0.15, 0.2) is 0 Å². The van der Waals surface area contributed by atoms with Gasteiger partial charge in [0.05, 0.1) is 7.11 Å². The highest BCUT2D eigenvalue weighted by atomic mass is 32.2. The summed E-state index contributed by atoms with van der Waals surface area (Å²) in [7, 11) is -2.58. The van der Waals surface area contributed by atoms with E-state index in [2.05, 4.69) is 10.0 Å². The van der Waals surface area contributed by atoms with E-state index in [-0.39, 0.29) is 22.1 Å². The molecule has 3 rings (SSSR count). The van der Waals surface area contributed by atoms with Crippen molar-refractivity contribution < 1.29 is 22.7 Å². The number of nitrogens with zero attached hydrogens (tertiary/aromatic N) is 1. The van der Waals surface area contributed by atoms with Gasteiger partial charge in [-0.1, -0.05) is 30.3 Å². The number of hydrogen-bond acceptors (Lipinski definition) is 5. The number of hydrogen-bond donors (Lipinski definition) is 2. The molecule has 1 aliphatic rings. The van der Waals surface area contributed by atoms with E-state index in [9.17, 15) is 18.0 Å². The third-order valence-corrected chi connectivity index (χ3v) is 7.24. The molecule has 2 amide bonds. The molecule has 8 nitrogen and oxygen atoms in total. The second-order valence-corrected chi connectivity index (χ2v) is 11.1. The number of carbonyl (C=O) groups excluding carboxylic acids is 2. The molecule has 1 aliphatic heterocycles. The normalized spacial score (nSPS) is 15.1. The highest BCUT2D eigenvalue weighted by molar-refractivity contribution is 7.89. The van der Waals surface area contributed by atoms with E-state index in [4.69, 9.17) is 4.74 Å². The van der Waals surface area contributed by atoms with Crippen LogP contribution >= 0.6 is 0 Å². The van der Waals surface area contributed by atoms with E-state index in [1.54, 1.807) is 25.7 Å². The quantitative estimate of drug-likeness (QED) is 0.596. The van der Waals surface area contributed by atoms with Crippen LogP contribution in [0.5, 0.6) is 5.75 Å².